The molecule has 1 aromatic heterocycles. The smallest absolute Gasteiger partial charge is 0.230 e. The second kappa shape index (κ2) is 9.68. The Kier molecular flexibility index (Phi) is 6.54. The van der Waals surface area contributed by atoms with Gasteiger partial charge in [0.2, 0.25) is 11.8 Å². The molecule has 1 fully saturated rings. The third-order valence-electron chi connectivity index (χ3n) is 5.86. The van der Waals surface area contributed by atoms with Gasteiger partial charge in [0.25, 0.3) is 0 Å². The minimum absolute atomic E-state index is 0.0182. The SMILES string of the molecule is CCCCN1C(=O)CC(C(=O)Nc2cccc(-n3cccn3)c2)C1c1ccc(OC)cc1. The van der Waals surface area contributed by atoms with Crippen molar-refractivity contribution in [1.82, 2.24) is 14.7 Å². The van der Waals surface area contributed by atoms with E-state index in [2.05, 4.69) is 17.3 Å². The van der Waals surface area contributed by atoms with Crippen molar-refractivity contribution >= 4 is 17.5 Å². The molecule has 2 heterocycles. The maximum absolute atomic E-state index is 13.3. The number of carbonyl (C=O) groups excluding carboxylic acids is 2. The zero-order valence-corrected chi connectivity index (χ0v) is 18.4. The van der Waals surface area contributed by atoms with Crippen molar-refractivity contribution in [2.24, 2.45) is 5.92 Å². The number of carbonyl (C=O) groups is 2. The zero-order chi connectivity index (χ0) is 22.5. The Morgan fingerprint density at radius 3 is 2.69 bits per heavy atom. The summed E-state index contributed by atoms with van der Waals surface area (Å²) in [6.45, 7) is 2.74. The summed E-state index contributed by atoms with van der Waals surface area (Å²) in [6.07, 6.45) is 5.64. The van der Waals surface area contributed by atoms with Gasteiger partial charge in [-0.2, -0.15) is 5.10 Å². The highest BCUT2D eigenvalue weighted by Gasteiger charge is 2.44. The largest absolute Gasteiger partial charge is 0.497 e. The lowest BCUT2D eigenvalue weighted by Crippen LogP contribution is -2.33. The van der Waals surface area contributed by atoms with Crippen LogP contribution in [0.15, 0.2) is 67.0 Å². The van der Waals surface area contributed by atoms with Crippen molar-refractivity contribution in [3.63, 3.8) is 0 Å². The van der Waals surface area contributed by atoms with Crippen LogP contribution < -0.4 is 10.1 Å². The second-order valence-electron chi connectivity index (χ2n) is 7.96. The minimum Gasteiger partial charge on any atom is -0.497 e. The van der Waals surface area contributed by atoms with E-state index in [9.17, 15) is 9.59 Å². The topological polar surface area (TPSA) is 76.5 Å². The number of methoxy groups -OCH3 is 1. The normalized spacial score (nSPS) is 18.1. The number of ether oxygens (including phenoxy) is 1. The average Bonchev–Trinajstić information content (AvgIpc) is 3.46. The van der Waals surface area contributed by atoms with Gasteiger partial charge in [-0.3, -0.25) is 9.59 Å². The molecule has 1 saturated heterocycles. The van der Waals surface area contributed by atoms with Gasteiger partial charge in [-0.25, -0.2) is 4.68 Å². The summed E-state index contributed by atoms with van der Waals surface area (Å²) in [4.78, 5) is 28.1. The first kappa shape index (κ1) is 21.6. The molecule has 7 nitrogen and oxygen atoms in total. The number of benzene rings is 2. The van der Waals surface area contributed by atoms with Crippen molar-refractivity contribution in [2.45, 2.75) is 32.2 Å². The molecule has 1 aliphatic rings. The Balaban J connectivity index is 1.59. The molecule has 2 aromatic carbocycles. The van der Waals surface area contributed by atoms with E-state index in [1.165, 1.54) is 0 Å². The van der Waals surface area contributed by atoms with Gasteiger partial charge in [-0.1, -0.05) is 31.5 Å². The average molecular weight is 433 g/mol. The van der Waals surface area contributed by atoms with Crippen molar-refractivity contribution in [1.29, 1.82) is 0 Å². The quantitative estimate of drug-likeness (QED) is 0.579. The van der Waals surface area contributed by atoms with E-state index >= 15 is 0 Å². The van der Waals surface area contributed by atoms with Crippen molar-refractivity contribution in [3.8, 4) is 11.4 Å². The highest BCUT2D eigenvalue weighted by Crippen LogP contribution is 2.39. The molecule has 4 rings (SSSR count). The second-order valence-corrected chi connectivity index (χ2v) is 7.96. The minimum atomic E-state index is -0.471. The van der Waals surface area contributed by atoms with Gasteiger partial charge >= 0.3 is 0 Å². The molecular formula is C25H28N4O3. The summed E-state index contributed by atoms with van der Waals surface area (Å²) in [5, 5.41) is 7.26. The van der Waals surface area contributed by atoms with Crippen LogP contribution in [0.5, 0.6) is 5.75 Å². The number of anilines is 1. The standard InChI is InChI=1S/C25H28N4O3/c1-3-4-14-28-23(30)17-22(24(28)18-9-11-21(32-2)12-10-18)25(31)27-19-7-5-8-20(16-19)29-15-6-13-26-29/h5-13,15-16,22,24H,3-4,14,17H2,1-2H3,(H,27,31). The van der Waals surface area contributed by atoms with Gasteiger partial charge < -0.3 is 15.0 Å². The van der Waals surface area contributed by atoms with E-state index in [0.29, 0.717) is 12.2 Å². The first-order chi connectivity index (χ1) is 15.6. The number of nitrogens with zero attached hydrogens (tertiary/aromatic N) is 3. The van der Waals surface area contributed by atoms with Crippen LogP contribution in [-0.2, 0) is 9.59 Å². The summed E-state index contributed by atoms with van der Waals surface area (Å²) in [6, 6.07) is 16.7. The third-order valence-corrected chi connectivity index (χ3v) is 5.86. The van der Waals surface area contributed by atoms with Crippen LogP contribution in [0.25, 0.3) is 5.69 Å². The highest BCUT2D eigenvalue weighted by molar-refractivity contribution is 5.98. The summed E-state index contributed by atoms with van der Waals surface area (Å²) < 4.78 is 7.01. The van der Waals surface area contributed by atoms with E-state index in [1.54, 1.807) is 18.0 Å². The third kappa shape index (κ3) is 4.51. The molecule has 1 N–H and O–H groups in total. The van der Waals surface area contributed by atoms with Gasteiger partial charge in [0.1, 0.15) is 5.75 Å². The number of amides is 2. The lowest BCUT2D eigenvalue weighted by Gasteiger charge is -2.28. The van der Waals surface area contributed by atoms with Crippen LogP contribution in [0.2, 0.25) is 0 Å². The van der Waals surface area contributed by atoms with Gasteiger partial charge in [-0.05, 0) is 48.4 Å². The van der Waals surface area contributed by atoms with E-state index in [4.69, 9.17) is 4.74 Å². The fraction of sp³-hybridized carbons (Fsp3) is 0.320. The van der Waals surface area contributed by atoms with Gasteiger partial charge in [-0.15, -0.1) is 0 Å². The molecule has 2 amide bonds. The Morgan fingerprint density at radius 1 is 1.19 bits per heavy atom. The molecule has 0 radical (unpaired) electrons. The first-order valence-electron chi connectivity index (χ1n) is 10.9. The highest BCUT2D eigenvalue weighted by atomic mass is 16.5. The molecule has 0 aliphatic carbocycles. The fourth-order valence-corrected chi connectivity index (χ4v) is 4.21. The van der Waals surface area contributed by atoms with Gasteiger partial charge in [0.05, 0.1) is 24.8 Å². The van der Waals surface area contributed by atoms with E-state index in [1.807, 2.05) is 65.7 Å². The first-order valence-corrected chi connectivity index (χ1v) is 10.9. The van der Waals surface area contributed by atoms with Crippen molar-refractivity contribution in [2.75, 3.05) is 19.0 Å². The summed E-state index contributed by atoms with van der Waals surface area (Å²) in [5.74, 6) is 0.135. The maximum Gasteiger partial charge on any atom is 0.230 e. The number of aromatic nitrogens is 2. The Bertz CT molecular complexity index is 1060. The van der Waals surface area contributed by atoms with Crippen molar-refractivity contribution < 1.29 is 14.3 Å². The predicted octanol–water partition coefficient (Wildman–Crippen LogP) is 4.21. The molecular weight excluding hydrogens is 404 g/mol. The monoisotopic (exact) mass is 432 g/mol. The summed E-state index contributed by atoms with van der Waals surface area (Å²) in [5.41, 5.74) is 2.47. The summed E-state index contributed by atoms with van der Waals surface area (Å²) in [7, 11) is 1.62. The molecule has 1 aliphatic heterocycles. The number of unbranched alkanes of at least 4 members (excludes halogenated alkanes) is 1. The molecule has 2 unspecified atom stereocenters. The van der Waals surface area contributed by atoms with Crippen molar-refractivity contribution in [3.05, 3.63) is 72.6 Å². The summed E-state index contributed by atoms with van der Waals surface area (Å²) >= 11 is 0. The van der Waals surface area contributed by atoms with E-state index < -0.39 is 5.92 Å². The van der Waals surface area contributed by atoms with Crippen LogP contribution in [0.1, 0.15) is 37.8 Å². The van der Waals surface area contributed by atoms with Crippen LogP contribution in [0.4, 0.5) is 5.69 Å². The zero-order valence-electron chi connectivity index (χ0n) is 18.4. The lowest BCUT2D eigenvalue weighted by molar-refractivity contribution is -0.129. The Hall–Kier alpha value is -3.61. The molecule has 0 bridgehead atoms. The molecule has 2 atom stereocenters. The molecule has 32 heavy (non-hydrogen) atoms. The van der Waals surface area contributed by atoms with Gasteiger partial charge in [0, 0.05) is 31.0 Å². The van der Waals surface area contributed by atoms with Crippen LogP contribution in [0.3, 0.4) is 0 Å². The van der Waals surface area contributed by atoms with Crippen LogP contribution in [-0.4, -0.2) is 40.1 Å². The molecule has 0 saturated carbocycles. The lowest BCUT2D eigenvalue weighted by atomic mass is 9.92. The molecule has 166 valence electrons. The number of hydrogen-bond acceptors (Lipinski definition) is 4. The van der Waals surface area contributed by atoms with Crippen LogP contribution in [0, 0.1) is 5.92 Å². The number of rotatable bonds is 8. The fourth-order valence-electron chi connectivity index (χ4n) is 4.21. The number of hydrogen-bond donors (Lipinski definition) is 1. The van der Waals surface area contributed by atoms with E-state index in [-0.39, 0.29) is 24.3 Å². The number of nitrogens with one attached hydrogen (secondary N) is 1. The molecule has 3 aromatic rings. The van der Waals surface area contributed by atoms with E-state index in [0.717, 1.165) is 29.8 Å². The Morgan fingerprint density at radius 2 is 2.00 bits per heavy atom. The Labute approximate surface area is 188 Å². The maximum atomic E-state index is 13.3. The molecule has 7 heteroatoms. The van der Waals surface area contributed by atoms with Crippen LogP contribution >= 0.6 is 0 Å². The predicted molar refractivity (Wildman–Crippen MR) is 123 cm³/mol. The number of likely N-dealkylation sites (tertiary alicyclic amines) is 1. The molecule has 0 spiro atoms. The van der Waals surface area contributed by atoms with Gasteiger partial charge in [0.15, 0.2) is 0 Å².